The van der Waals surface area contributed by atoms with Crippen molar-refractivity contribution in [3.8, 4) is 0 Å². The minimum atomic E-state index is 0.219. The molecule has 76 valence electrons. The molecular formula is C9H9BrCl2N2. The summed E-state index contributed by atoms with van der Waals surface area (Å²) in [5, 5.41) is 0.890. The van der Waals surface area contributed by atoms with Gasteiger partial charge in [-0.1, -0.05) is 11.6 Å². The Morgan fingerprint density at radius 1 is 1.57 bits per heavy atom. The third kappa shape index (κ3) is 2.15. The van der Waals surface area contributed by atoms with E-state index in [0.29, 0.717) is 5.02 Å². The molecule has 0 aliphatic carbocycles. The lowest BCUT2D eigenvalue weighted by Crippen LogP contribution is -2.21. The summed E-state index contributed by atoms with van der Waals surface area (Å²) in [6.07, 6.45) is 2.75. The maximum Gasteiger partial charge on any atom is 0.147 e. The van der Waals surface area contributed by atoms with Crippen molar-refractivity contribution in [2.45, 2.75) is 11.8 Å². The summed E-state index contributed by atoms with van der Waals surface area (Å²) in [5.41, 5.74) is 0. The number of halogens is 3. The summed E-state index contributed by atoms with van der Waals surface area (Å²) >= 11 is 15.4. The highest BCUT2D eigenvalue weighted by atomic mass is 79.9. The smallest absolute Gasteiger partial charge is 0.147 e. The Morgan fingerprint density at radius 2 is 2.36 bits per heavy atom. The number of anilines is 1. The Labute approximate surface area is 101 Å². The van der Waals surface area contributed by atoms with Gasteiger partial charge in [-0.25, -0.2) is 4.98 Å². The van der Waals surface area contributed by atoms with E-state index in [4.69, 9.17) is 23.2 Å². The zero-order valence-corrected chi connectivity index (χ0v) is 10.5. The molecule has 0 saturated carbocycles. The molecule has 0 radical (unpaired) electrons. The van der Waals surface area contributed by atoms with Crippen LogP contribution in [0.15, 0.2) is 16.7 Å². The summed E-state index contributed by atoms with van der Waals surface area (Å²) in [6, 6.07) is 1.85. The Kier molecular flexibility index (Phi) is 3.20. The average Bonchev–Trinajstić information content (AvgIpc) is 2.51. The van der Waals surface area contributed by atoms with E-state index < -0.39 is 0 Å². The minimum absolute atomic E-state index is 0.219. The fourth-order valence-electron chi connectivity index (χ4n) is 1.55. The first kappa shape index (κ1) is 10.5. The number of pyridine rings is 1. The van der Waals surface area contributed by atoms with Gasteiger partial charge in [-0.05, 0) is 28.4 Å². The van der Waals surface area contributed by atoms with Gasteiger partial charge in [-0.3, -0.25) is 0 Å². The molecule has 0 amide bonds. The van der Waals surface area contributed by atoms with Gasteiger partial charge in [0.2, 0.25) is 0 Å². The second kappa shape index (κ2) is 4.25. The highest BCUT2D eigenvalue weighted by Crippen LogP contribution is 2.29. The molecule has 2 rings (SSSR count). The summed E-state index contributed by atoms with van der Waals surface area (Å²) in [5.74, 6) is 0.831. The Hall–Kier alpha value is 0.01000. The Bertz CT molecular complexity index is 346. The van der Waals surface area contributed by atoms with Gasteiger partial charge in [0.25, 0.3) is 0 Å². The van der Waals surface area contributed by atoms with Gasteiger partial charge in [0.05, 0.1) is 10.4 Å². The van der Waals surface area contributed by atoms with Gasteiger partial charge in [-0.15, -0.1) is 11.6 Å². The minimum Gasteiger partial charge on any atom is -0.354 e. The van der Waals surface area contributed by atoms with E-state index in [1.807, 2.05) is 6.07 Å². The van der Waals surface area contributed by atoms with Gasteiger partial charge < -0.3 is 4.90 Å². The summed E-state index contributed by atoms with van der Waals surface area (Å²) < 4.78 is 0.896. The molecule has 0 bridgehead atoms. The van der Waals surface area contributed by atoms with Crippen LogP contribution in [0.1, 0.15) is 6.42 Å². The van der Waals surface area contributed by atoms with E-state index in [-0.39, 0.29) is 5.38 Å². The highest BCUT2D eigenvalue weighted by molar-refractivity contribution is 9.10. The zero-order chi connectivity index (χ0) is 10.1. The SMILES string of the molecule is Clc1cc(Br)cnc1N1CCC(Cl)C1. The van der Waals surface area contributed by atoms with Crippen LogP contribution in [0.2, 0.25) is 5.02 Å². The lowest BCUT2D eigenvalue weighted by atomic mass is 10.4. The maximum absolute atomic E-state index is 6.08. The topological polar surface area (TPSA) is 16.1 Å². The fraction of sp³-hybridized carbons (Fsp3) is 0.444. The van der Waals surface area contributed by atoms with Crippen LogP contribution in [0.5, 0.6) is 0 Å². The molecule has 0 N–H and O–H groups in total. The number of aromatic nitrogens is 1. The molecule has 0 spiro atoms. The second-order valence-electron chi connectivity index (χ2n) is 3.29. The highest BCUT2D eigenvalue weighted by Gasteiger charge is 2.23. The molecule has 1 atom stereocenters. The predicted molar refractivity (Wildman–Crippen MR) is 63.4 cm³/mol. The van der Waals surface area contributed by atoms with Gasteiger partial charge in [0.1, 0.15) is 5.82 Å². The van der Waals surface area contributed by atoms with Crippen molar-refractivity contribution in [2.75, 3.05) is 18.0 Å². The van der Waals surface area contributed by atoms with Gasteiger partial charge >= 0.3 is 0 Å². The van der Waals surface area contributed by atoms with Crippen LogP contribution < -0.4 is 4.90 Å². The van der Waals surface area contributed by atoms with Crippen LogP contribution in [0.25, 0.3) is 0 Å². The first-order valence-corrected chi connectivity index (χ1v) is 5.97. The van der Waals surface area contributed by atoms with Crippen molar-refractivity contribution in [3.05, 3.63) is 21.8 Å². The molecule has 14 heavy (non-hydrogen) atoms. The van der Waals surface area contributed by atoms with Crippen LogP contribution in [-0.2, 0) is 0 Å². The van der Waals surface area contributed by atoms with Crippen molar-refractivity contribution >= 4 is 44.9 Å². The number of hydrogen-bond acceptors (Lipinski definition) is 2. The van der Waals surface area contributed by atoms with Crippen LogP contribution >= 0.6 is 39.1 Å². The number of alkyl halides is 1. The quantitative estimate of drug-likeness (QED) is 0.739. The van der Waals surface area contributed by atoms with E-state index >= 15 is 0 Å². The largest absolute Gasteiger partial charge is 0.354 e. The molecule has 1 fully saturated rings. The molecule has 1 aromatic rings. The molecule has 1 unspecified atom stereocenters. The van der Waals surface area contributed by atoms with Gasteiger partial charge in [-0.2, -0.15) is 0 Å². The maximum atomic E-state index is 6.08. The average molecular weight is 296 g/mol. The van der Waals surface area contributed by atoms with E-state index in [1.165, 1.54) is 0 Å². The summed E-state index contributed by atoms with van der Waals surface area (Å²) in [4.78, 5) is 6.40. The van der Waals surface area contributed by atoms with Crippen LogP contribution in [0.4, 0.5) is 5.82 Å². The molecular weight excluding hydrogens is 287 g/mol. The molecule has 1 aliphatic heterocycles. The summed E-state index contributed by atoms with van der Waals surface area (Å²) in [7, 11) is 0. The fourth-order valence-corrected chi connectivity index (χ4v) is 2.56. The van der Waals surface area contributed by atoms with Crippen molar-refractivity contribution in [1.29, 1.82) is 0 Å². The van der Waals surface area contributed by atoms with E-state index in [0.717, 1.165) is 29.8 Å². The van der Waals surface area contributed by atoms with Gasteiger partial charge in [0, 0.05) is 23.8 Å². The van der Waals surface area contributed by atoms with E-state index in [9.17, 15) is 0 Å². The lowest BCUT2D eigenvalue weighted by molar-refractivity contribution is 0.937. The third-order valence-corrected chi connectivity index (χ3v) is 3.29. The van der Waals surface area contributed by atoms with Crippen LogP contribution in [-0.4, -0.2) is 23.5 Å². The van der Waals surface area contributed by atoms with Crippen LogP contribution in [0, 0.1) is 0 Å². The number of nitrogens with zero attached hydrogens (tertiary/aromatic N) is 2. The number of hydrogen-bond donors (Lipinski definition) is 0. The normalized spacial score (nSPS) is 21.6. The molecule has 1 aliphatic rings. The standard InChI is InChI=1S/C9H9BrCl2N2/c10-6-3-8(12)9(13-4-6)14-2-1-7(11)5-14/h3-4,7H,1-2,5H2. The molecule has 2 heterocycles. The first-order valence-electron chi connectivity index (χ1n) is 4.37. The molecule has 2 nitrogen and oxygen atoms in total. The van der Waals surface area contributed by atoms with E-state index in [2.05, 4.69) is 25.8 Å². The van der Waals surface area contributed by atoms with E-state index in [1.54, 1.807) is 6.20 Å². The molecule has 1 saturated heterocycles. The zero-order valence-electron chi connectivity index (χ0n) is 7.38. The third-order valence-electron chi connectivity index (χ3n) is 2.22. The Morgan fingerprint density at radius 3 is 2.93 bits per heavy atom. The predicted octanol–water partition coefficient (Wildman–Crippen LogP) is 3.32. The van der Waals surface area contributed by atoms with Crippen molar-refractivity contribution in [1.82, 2.24) is 4.98 Å². The Balaban J connectivity index is 2.24. The van der Waals surface area contributed by atoms with Crippen molar-refractivity contribution in [3.63, 3.8) is 0 Å². The first-order chi connectivity index (χ1) is 6.66. The molecule has 1 aromatic heterocycles. The monoisotopic (exact) mass is 294 g/mol. The van der Waals surface area contributed by atoms with Gasteiger partial charge in [0.15, 0.2) is 0 Å². The second-order valence-corrected chi connectivity index (χ2v) is 5.23. The lowest BCUT2D eigenvalue weighted by Gasteiger charge is -2.17. The molecule has 5 heteroatoms. The van der Waals surface area contributed by atoms with Crippen molar-refractivity contribution < 1.29 is 0 Å². The van der Waals surface area contributed by atoms with Crippen molar-refractivity contribution in [2.24, 2.45) is 0 Å². The van der Waals surface area contributed by atoms with Crippen LogP contribution in [0.3, 0.4) is 0 Å². The summed E-state index contributed by atoms with van der Waals surface area (Å²) in [6.45, 7) is 1.76. The molecule has 0 aromatic carbocycles. The number of rotatable bonds is 1.